The van der Waals surface area contributed by atoms with Gasteiger partial charge in [0.2, 0.25) is 15.9 Å². The van der Waals surface area contributed by atoms with Crippen molar-refractivity contribution < 1.29 is 17.9 Å². The van der Waals surface area contributed by atoms with Crippen molar-refractivity contribution >= 4 is 15.9 Å². The molecule has 1 amide bonds. The molecule has 168 valence electrons. The van der Waals surface area contributed by atoms with Gasteiger partial charge in [-0.2, -0.15) is 4.31 Å². The average molecular weight is 445 g/mol. The van der Waals surface area contributed by atoms with Gasteiger partial charge in [-0.25, -0.2) is 8.42 Å². The highest BCUT2D eigenvalue weighted by Crippen LogP contribution is 2.33. The van der Waals surface area contributed by atoms with Crippen molar-refractivity contribution in [2.24, 2.45) is 5.41 Å². The number of carbonyl (C=O) groups is 1. The van der Waals surface area contributed by atoms with E-state index in [4.69, 9.17) is 4.74 Å². The molecule has 2 aromatic carbocycles. The fourth-order valence-electron chi connectivity index (χ4n) is 3.99. The molecule has 1 aliphatic heterocycles. The summed E-state index contributed by atoms with van der Waals surface area (Å²) < 4.78 is 33.0. The number of aryl methyl sites for hydroxylation is 1. The van der Waals surface area contributed by atoms with Crippen LogP contribution in [0.5, 0.6) is 5.75 Å². The van der Waals surface area contributed by atoms with E-state index in [0.717, 1.165) is 29.7 Å². The fourth-order valence-corrected chi connectivity index (χ4v) is 5.59. The highest BCUT2D eigenvalue weighted by Gasteiger charge is 2.41. The summed E-state index contributed by atoms with van der Waals surface area (Å²) in [6, 6.07) is 14.6. The molecule has 2 aromatic rings. The van der Waals surface area contributed by atoms with Gasteiger partial charge in [-0.15, -0.1) is 0 Å². The van der Waals surface area contributed by atoms with Crippen LogP contribution in [0.1, 0.15) is 44.2 Å². The highest BCUT2D eigenvalue weighted by atomic mass is 32.2. The molecule has 3 rings (SSSR count). The monoisotopic (exact) mass is 444 g/mol. The van der Waals surface area contributed by atoms with Gasteiger partial charge in [0, 0.05) is 19.6 Å². The lowest BCUT2D eigenvalue weighted by Crippen LogP contribution is -2.51. The number of amides is 1. The van der Waals surface area contributed by atoms with Crippen LogP contribution in [0.25, 0.3) is 0 Å². The third-order valence-electron chi connectivity index (χ3n) is 5.92. The molecule has 1 atom stereocenters. The van der Waals surface area contributed by atoms with Crippen molar-refractivity contribution in [1.82, 2.24) is 9.62 Å². The van der Waals surface area contributed by atoms with Crippen LogP contribution in [0.15, 0.2) is 53.4 Å². The summed E-state index contributed by atoms with van der Waals surface area (Å²) >= 11 is 0. The van der Waals surface area contributed by atoms with Crippen molar-refractivity contribution in [3.05, 3.63) is 59.7 Å². The average Bonchev–Trinajstić information content (AvgIpc) is 2.78. The molecule has 0 aliphatic carbocycles. The summed E-state index contributed by atoms with van der Waals surface area (Å²) in [5.41, 5.74) is 1.33. The van der Waals surface area contributed by atoms with Crippen LogP contribution in [0.2, 0.25) is 0 Å². The summed E-state index contributed by atoms with van der Waals surface area (Å²) in [5, 5.41) is 2.98. The first-order chi connectivity index (χ1) is 14.8. The zero-order valence-electron chi connectivity index (χ0n) is 18.6. The molecule has 0 radical (unpaired) electrons. The maximum atomic E-state index is 13.2. The summed E-state index contributed by atoms with van der Waals surface area (Å²) in [6.07, 6.45) is 3.25. The Balaban J connectivity index is 1.67. The first kappa shape index (κ1) is 23.3. The number of rotatable bonds is 8. The Kier molecular flexibility index (Phi) is 7.38. The van der Waals surface area contributed by atoms with Crippen molar-refractivity contribution in [3.63, 3.8) is 0 Å². The number of hydrogen-bond donors (Lipinski definition) is 1. The number of nitrogens with zero attached hydrogens (tertiary/aromatic N) is 1. The predicted molar refractivity (Wildman–Crippen MR) is 121 cm³/mol. The second-order valence-corrected chi connectivity index (χ2v) is 10.4. The summed E-state index contributed by atoms with van der Waals surface area (Å²) in [4.78, 5) is 13.3. The molecule has 31 heavy (non-hydrogen) atoms. The molecule has 0 bridgehead atoms. The minimum Gasteiger partial charge on any atom is -0.497 e. The molecule has 0 spiro atoms. The fraction of sp³-hybridized carbons (Fsp3) is 0.458. The first-order valence-electron chi connectivity index (χ1n) is 10.8. The summed E-state index contributed by atoms with van der Waals surface area (Å²) in [6.45, 7) is 4.95. The van der Waals surface area contributed by atoms with Crippen LogP contribution in [0.3, 0.4) is 0 Å². The van der Waals surface area contributed by atoms with E-state index in [9.17, 15) is 13.2 Å². The van der Waals surface area contributed by atoms with Gasteiger partial charge in [0.05, 0.1) is 17.4 Å². The summed E-state index contributed by atoms with van der Waals surface area (Å²) in [5.74, 6) is 0.638. The maximum Gasteiger partial charge on any atom is 0.243 e. The molecule has 6 nitrogen and oxygen atoms in total. The second-order valence-electron chi connectivity index (χ2n) is 8.43. The molecule has 0 saturated carbocycles. The number of methoxy groups -OCH3 is 1. The van der Waals surface area contributed by atoms with E-state index in [0.29, 0.717) is 25.9 Å². The standard InChI is InChI=1S/C24H32N2O4S/c1-4-6-19-9-13-22(14-10-19)31(28,29)26-16-5-15-24(2,18-26)23(27)25-17-20-7-11-21(30-3)12-8-20/h7-14H,4-6,15-18H2,1-3H3,(H,25,27). The van der Waals surface area contributed by atoms with Gasteiger partial charge in [0.25, 0.3) is 0 Å². The lowest BCUT2D eigenvalue weighted by atomic mass is 9.82. The lowest BCUT2D eigenvalue weighted by Gasteiger charge is -2.38. The molecule has 1 saturated heterocycles. The Morgan fingerprint density at radius 2 is 1.74 bits per heavy atom. The number of hydrogen-bond acceptors (Lipinski definition) is 4. The van der Waals surface area contributed by atoms with E-state index < -0.39 is 15.4 Å². The quantitative estimate of drug-likeness (QED) is 0.673. The van der Waals surface area contributed by atoms with E-state index in [2.05, 4.69) is 12.2 Å². The van der Waals surface area contributed by atoms with Crippen LogP contribution >= 0.6 is 0 Å². The number of ether oxygens (including phenoxy) is 1. The molecule has 0 aromatic heterocycles. The SMILES string of the molecule is CCCc1ccc(S(=O)(=O)N2CCCC(C)(C(=O)NCc3ccc(OC)cc3)C2)cc1. The lowest BCUT2D eigenvalue weighted by molar-refractivity contribution is -0.132. The Bertz CT molecular complexity index is 987. The van der Waals surface area contributed by atoms with Crippen LogP contribution < -0.4 is 10.1 Å². The minimum atomic E-state index is -3.63. The highest BCUT2D eigenvalue weighted by molar-refractivity contribution is 7.89. The number of benzene rings is 2. The largest absolute Gasteiger partial charge is 0.497 e. The number of piperidine rings is 1. The van der Waals surface area contributed by atoms with E-state index in [-0.39, 0.29) is 17.3 Å². The molecule has 1 aliphatic rings. The molecule has 1 N–H and O–H groups in total. The van der Waals surface area contributed by atoms with Gasteiger partial charge in [0.1, 0.15) is 5.75 Å². The molecular weight excluding hydrogens is 412 g/mol. The third-order valence-corrected chi connectivity index (χ3v) is 7.78. The van der Waals surface area contributed by atoms with E-state index >= 15 is 0 Å². The van der Waals surface area contributed by atoms with Gasteiger partial charge in [-0.1, -0.05) is 37.6 Å². The van der Waals surface area contributed by atoms with Gasteiger partial charge in [0.15, 0.2) is 0 Å². The smallest absolute Gasteiger partial charge is 0.243 e. The van der Waals surface area contributed by atoms with E-state index in [1.807, 2.05) is 43.3 Å². The van der Waals surface area contributed by atoms with Crippen LogP contribution in [-0.2, 0) is 27.8 Å². The summed E-state index contributed by atoms with van der Waals surface area (Å²) in [7, 11) is -2.02. The predicted octanol–water partition coefficient (Wildman–Crippen LogP) is 3.75. The van der Waals surface area contributed by atoms with Crippen LogP contribution in [0, 0.1) is 5.41 Å². The Morgan fingerprint density at radius 3 is 2.35 bits per heavy atom. The molecule has 1 heterocycles. The van der Waals surface area contributed by atoms with Gasteiger partial charge >= 0.3 is 0 Å². The molecular formula is C24H32N2O4S. The zero-order valence-corrected chi connectivity index (χ0v) is 19.4. The minimum absolute atomic E-state index is 0.124. The third kappa shape index (κ3) is 5.46. The zero-order chi connectivity index (χ0) is 22.5. The van der Waals surface area contributed by atoms with Crippen molar-refractivity contribution in [2.75, 3.05) is 20.2 Å². The number of carbonyl (C=O) groups excluding carboxylic acids is 1. The first-order valence-corrected chi connectivity index (χ1v) is 12.2. The number of sulfonamides is 1. The molecule has 1 fully saturated rings. The van der Waals surface area contributed by atoms with Crippen LogP contribution in [-0.4, -0.2) is 38.8 Å². The van der Waals surface area contributed by atoms with Crippen molar-refractivity contribution in [2.45, 2.75) is 51.0 Å². The van der Waals surface area contributed by atoms with E-state index in [1.165, 1.54) is 4.31 Å². The normalized spacial score (nSPS) is 19.7. The second kappa shape index (κ2) is 9.83. The van der Waals surface area contributed by atoms with Gasteiger partial charge in [-0.05, 0) is 61.6 Å². The van der Waals surface area contributed by atoms with Crippen molar-refractivity contribution in [3.8, 4) is 5.75 Å². The molecule has 1 unspecified atom stereocenters. The topological polar surface area (TPSA) is 75.7 Å². The van der Waals surface area contributed by atoms with Crippen molar-refractivity contribution in [1.29, 1.82) is 0 Å². The maximum absolute atomic E-state index is 13.2. The Labute approximate surface area is 185 Å². The Hall–Kier alpha value is -2.38. The van der Waals surface area contributed by atoms with E-state index in [1.54, 1.807) is 19.2 Å². The van der Waals surface area contributed by atoms with Gasteiger partial charge < -0.3 is 10.1 Å². The van der Waals surface area contributed by atoms with Gasteiger partial charge in [-0.3, -0.25) is 4.79 Å². The number of nitrogens with one attached hydrogen (secondary N) is 1. The van der Waals surface area contributed by atoms with Crippen LogP contribution in [0.4, 0.5) is 0 Å². The Morgan fingerprint density at radius 1 is 1.10 bits per heavy atom. The molecule has 7 heteroatoms.